The lowest BCUT2D eigenvalue weighted by molar-refractivity contribution is -0.427. The Bertz CT molecular complexity index is 2120. The highest BCUT2D eigenvalue weighted by molar-refractivity contribution is 5.59. The first-order valence-corrected chi connectivity index (χ1v) is 26.1. The van der Waals surface area contributed by atoms with Crippen molar-refractivity contribution in [3.05, 3.63) is 248 Å². The van der Waals surface area contributed by atoms with Gasteiger partial charge >= 0.3 is 0 Å². The molecule has 0 amide bonds. The Hall–Kier alpha value is -7.84. The number of nitrogens with zero attached hydrogens (tertiary/aromatic N) is 3. The summed E-state index contributed by atoms with van der Waals surface area (Å²) in [6, 6.07) is 78.1. The molecule has 8 nitrogen and oxygen atoms in total. The van der Waals surface area contributed by atoms with Crippen molar-refractivity contribution in [3.63, 3.8) is 0 Å². The summed E-state index contributed by atoms with van der Waals surface area (Å²) >= 11 is 0. The van der Waals surface area contributed by atoms with Crippen LogP contribution in [0.25, 0.3) is 0 Å². The van der Waals surface area contributed by atoms with Crippen LogP contribution in [0.2, 0.25) is 0 Å². The molecule has 0 aliphatic rings. The van der Waals surface area contributed by atoms with Crippen LogP contribution in [0.4, 0.5) is 45.5 Å². The summed E-state index contributed by atoms with van der Waals surface area (Å²) in [5, 5.41) is 11.5. The molecule has 0 radical (unpaired) electrons. The van der Waals surface area contributed by atoms with Crippen LogP contribution in [0.1, 0.15) is 111 Å². The van der Waals surface area contributed by atoms with Crippen molar-refractivity contribution in [1.82, 2.24) is 0 Å². The standard InChI is InChI=1S/C12H11N2O.C12H12N2.C12H10N2.C12H11N.8C2H6/c15-14(12-9-5-2-6-10-12)13-11-7-3-1-4-8-11;2*1-3-7-11(8-4-1)13-14-12-9-5-2-6-10-12;1-3-7-11(8-4-1)13-12-9-5-2-6-10-12;8*1-2/h1-10H,(H,13,15);1-10,13-14H;1-10H;1-10,13H;8*1-2H3/q+1;;;;;;;;;;;. The topological polar surface area (TPSA) is 92.9 Å². The molecule has 8 aromatic carbocycles. The molecule has 0 heterocycles. The average Bonchev–Trinajstić information content (AvgIpc) is 3.51. The zero-order chi connectivity index (χ0) is 54.7. The normalized spacial score (nSPS) is 8.28. The summed E-state index contributed by atoms with van der Waals surface area (Å²) in [5.74, 6) is 0. The van der Waals surface area contributed by atoms with E-state index in [2.05, 4.69) is 31.8 Å². The van der Waals surface area contributed by atoms with Gasteiger partial charge in [0.05, 0.1) is 27.7 Å². The summed E-state index contributed by atoms with van der Waals surface area (Å²) < 4.78 is 0. The maximum Gasteiger partial charge on any atom is 0.292 e. The Kier molecular flexibility index (Phi) is 56.5. The molecule has 8 aromatic rings. The lowest BCUT2D eigenvalue weighted by Gasteiger charge is -2.08. The van der Waals surface area contributed by atoms with E-state index in [0.717, 1.165) is 44.7 Å². The van der Waals surface area contributed by atoms with E-state index in [1.165, 1.54) is 0 Å². The van der Waals surface area contributed by atoms with Crippen molar-refractivity contribution < 1.29 is 4.87 Å². The molecule has 72 heavy (non-hydrogen) atoms. The van der Waals surface area contributed by atoms with Crippen LogP contribution in [-0.2, 0) is 0 Å². The van der Waals surface area contributed by atoms with Crippen molar-refractivity contribution >= 4 is 45.5 Å². The molecule has 0 spiro atoms. The van der Waals surface area contributed by atoms with Gasteiger partial charge in [0.15, 0.2) is 4.87 Å². The highest BCUT2D eigenvalue weighted by atomic mass is 16.3. The molecule has 0 fully saturated rings. The predicted molar refractivity (Wildman–Crippen MR) is 324 cm³/mol. The zero-order valence-electron chi connectivity index (χ0n) is 46.8. The molecule has 0 saturated heterocycles. The monoisotopic (exact) mass is 975 g/mol. The average molecular weight is 975 g/mol. The van der Waals surface area contributed by atoms with Gasteiger partial charge in [0.1, 0.15) is 5.69 Å². The van der Waals surface area contributed by atoms with Gasteiger partial charge in [-0.05, 0) is 84.9 Å². The van der Waals surface area contributed by atoms with Gasteiger partial charge in [0, 0.05) is 23.5 Å². The maximum atomic E-state index is 11.6. The quantitative estimate of drug-likeness (QED) is 0.0622. The van der Waals surface area contributed by atoms with Crippen molar-refractivity contribution in [2.45, 2.75) is 111 Å². The minimum absolute atomic E-state index is 0.585. The number of azo groups is 1. The molecule has 0 aliphatic carbocycles. The summed E-state index contributed by atoms with van der Waals surface area (Å²) in [4.78, 5) is 12.4. The number of benzene rings is 8. The number of anilines is 5. The van der Waals surface area contributed by atoms with Crippen LogP contribution in [0.15, 0.2) is 253 Å². The molecule has 8 rings (SSSR count). The number of hydrogen-bond donors (Lipinski definition) is 4. The second-order valence-corrected chi connectivity index (χ2v) is 11.8. The van der Waals surface area contributed by atoms with Gasteiger partial charge in [0.2, 0.25) is 0 Å². The van der Waals surface area contributed by atoms with Crippen LogP contribution in [-0.4, -0.2) is 4.87 Å². The molecule has 388 valence electrons. The molecule has 4 N–H and O–H groups in total. The van der Waals surface area contributed by atoms with Gasteiger partial charge in [-0.3, -0.25) is 0 Å². The summed E-state index contributed by atoms with van der Waals surface area (Å²) in [6.45, 7) is 32.0. The van der Waals surface area contributed by atoms with E-state index in [1.807, 2.05) is 341 Å². The number of hydrazine groups is 2. The molecule has 0 atom stereocenters. The summed E-state index contributed by atoms with van der Waals surface area (Å²) in [5.41, 5.74) is 16.4. The molecule has 0 unspecified atom stereocenters. The number of nitroso groups, excluding NO2 is 1. The molecular weight excluding hydrogens is 883 g/mol. The van der Waals surface area contributed by atoms with E-state index in [4.69, 9.17) is 0 Å². The van der Waals surface area contributed by atoms with Crippen molar-refractivity contribution in [2.75, 3.05) is 21.6 Å². The molecular formula is C64H92N7O+. The fourth-order valence-electron chi connectivity index (χ4n) is 4.76. The summed E-state index contributed by atoms with van der Waals surface area (Å²) in [6.07, 6.45) is 0. The van der Waals surface area contributed by atoms with Crippen LogP contribution in [0, 0.1) is 4.91 Å². The van der Waals surface area contributed by atoms with Crippen LogP contribution in [0.5, 0.6) is 0 Å². The second kappa shape index (κ2) is 57.5. The van der Waals surface area contributed by atoms with Crippen LogP contribution >= 0.6 is 0 Å². The molecule has 0 aliphatic heterocycles. The SMILES string of the molecule is CC.CC.CC.CC.CC.CC.CC.CC.O=[N+](Nc1ccccc1)c1ccccc1.c1ccc(N=Nc2ccccc2)cc1.c1ccc(NNc2ccccc2)cc1.c1ccc(Nc2ccccc2)cc1. The van der Waals surface area contributed by atoms with Crippen LogP contribution < -0.4 is 21.6 Å². The number of para-hydroxylation sites is 6. The third-order valence-electron chi connectivity index (χ3n) is 7.52. The lowest BCUT2D eigenvalue weighted by atomic mass is 10.3. The third kappa shape index (κ3) is 38.1. The minimum atomic E-state index is 0.585. The van der Waals surface area contributed by atoms with E-state index in [1.54, 1.807) is 12.1 Å². The first-order chi connectivity index (χ1) is 35.7. The predicted octanol–water partition coefficient (Wildman–Crippen LogP) is 22.0. The summed E-state index contributed by atoms with van der Waals surface area (Å²) in [7, 11) is 0. The number of rotatable bonds is 10. The Balaban J connectivity index is -0.000000391. The van der Waals surface area contributed by atoms with Gasteiger partial charge in [-0.25, -0.2) is 0 Å². The smallest absolute Gasteiger partial charge is 0.292 e. The minimum Gasteiger partial charge on any atom is -0.356 e. The van der Waals surface area contributed by atoms with E-state index < -0.39 is 0 Å². The third-order valence-corrected chi connectivity index (χ3v) is 7.52. The lowest BCUT2D eigenvalue weighted by Crippen LogP contribution is -2.09. The second-order valence-electron chi connectivity index (χ2n) is 11.8. The Labute approximate surface area is 438 Å². The Morgan fingerprint density at radius 1 is 0.264 bits per heavy atom. The fourth-order valence-corrected chi connectivity index (χ4v) is 4.76. The molecule has 8 heteroatoms. The maximum absolute atomic E-state index is 11.6. The van der Waals surface area contributed by atoms with Crippen molar-refractivity contribution in [1.29, 1.82) is 0 Å². The Morgan fingerprint density at radius 2 is 0.472 bits per heavy atom. The van der Waals surface area contributed by atoms with E-state index in [-0.39, 0.29) is 0 Å². The van der Waals surface area contributed by atoms with Crippen molar-refractivity contribution in [2.24, 2.45) is 10.2 Å². The van der Waals surface area contributed by atoms with Gasteiger partial charge in [-0.1, -0.05) is 256 Å². The van der Waals surface area contributed by atoms with E-state index >= 15 is 0 Å². The first-order valence-electron chi connectivity index (χ1n) is 26.1. The number of nitrogens with one attached hydrogen (secondary N) is 4. The first kappa shape index (κ1) is 70.7. The van der Waals surface area contributed by atoms with Gasteiger partial charge in [0.25, 0.3) is 5.69 Å². The Morgan fingerprint density at radius 3 is 0.736 bits per heavy atom. The highest BCUT2D eigenvalue weighted by Crippen LogP contribution is 2.17. The van der Waals surface area contributed by atoms with E-state index in [9.17, 15) is 4.91 Å². The van der Waals surface area contributed by atoms with Gasteiger partial charge < -0.3 is 16.2 Å². The zero-order valence-corrected chi connectivity index (χ0v) is 46.8. The van der Waals surface area contributed by atoms with Gasteiger partial charge in [-0.2, -0.15) is 10.2 Å². The molecule has 0 saturated carbocycles. The van der Waals surface area contributed by atoms with Crippen molar-refractivity contribution in [3.8, 4) is 0 Å². The van der Waals surface area contributed by atoms with Gasteiger partial charge in [-0.15, -0.1) is 5.43 Å². The largest absolute Gasteiger partial charge is 0.356 e. The molecule has 0 bridgehead atoms. The number of hydrogen-bond acceptors (Lipinski definition) is 6. The van der Waals surface area contributed by atoms with Crippen LogP contribution in [0.3, 0.4) is 0 Å². The molecule has 0 aromatic heterocycles. The fraction of sp³-hybridized carbons (Fsp3) is 0.250. The highest BCUT2D eigenvalue weighted by Gasteiger charge is 2.12. The van der Waals surface area contributed by atoms with E-state index in [0.29, 0.717) is 5.69 Å².